The molecule has 0 atom stereocenters. The Labute approximate surface area is 114 Å². The summed E-state index contributed by atoms with van der Waals surface area (Å²) in [4.78, 5) is 29.3. The summed E-state index contributed by atoms with van der Waals surface area (Å²) in [6.07, 6.45) is 0.241. The van der Waals surface area contributed by atoms with E-state index in [1.54, 1.807) is 34.6 Å². The molecule has 0 aliphatic rings. The van der Waals surface area contributed by atoms with Gasteiger partial charge in [-0.1, -0.05) is 6.58 Å². The molecule has 0 radical (unpaired) electrons. The second-order valence-electron chi connectivity index (χ2n) is 5.56. The second kappa shape index (κ2) is 6.29. The highest BCUT2D eigenvalue weighted by Gasteiger charge is 2.32. The lowest BCUT2D eigenvalue weighted by molar-refractivity contribution is -0.137. The lowest BCUT2D eigenvalue weighted by Crippen LogP contribution is -2.37. The average Bonchev–Trinajstić information content (AvgIpc) is 2.11. The Morgan fingerprint density at radius 1 is 1.26 bits per heavy atom. The van der Waals surface area contributed by atoms with Crippen molar-refractivity contribution < 1.29 is 28.4 Å². The van der Waals surface area contributed by atoms with E-state index in [1.807, 2.05) is 0 Å². The molecule has 7 heteroatoms. The molecular weight excluding hydrogens is 271 g/mol. The van der Waals surface area contributed by atoms with Gasteiger partial charge in [0.2, 0.25) is 0 Å². The minimum absolute atomic E-state index is 0.138. The van der Waals surface area contributed by atoms with Crippen LogP contribution in [-0.4, -0.2) is 33.4 Å². The lowest BCUT2D eigenvalue weighted by atomic mass is 9.98. The first-order valence-corrected chi connectivity index (χ1v) is 7.40. The van der Waals surface area contributed by atoms with Gasteiger partial charge in [0.1, 0.15) is 5.60 Å². The van der Waals surface area contributed by atoms with Gasteiger partial charge >= 0.3 is 7.82 Å². The van der Waals surface area contributed by atoms with E-state index in [2.05, 4.69) is 11.1 Å². The Hall–Kier alpha value is -0.520. The number of Topliss-reactive ketones (excluding diaryl/α,β-unsaturated/α-hetero) is 1. The molecule has 0 unspecified atom stereocenters. The first kappa shape index (κ1) is 18.5. The number of carbonyl (C=O) groups excluding carboxylic acids is 1. The SMILES string of the molecule is C=C(C)C(=O)C(C)(C)OCCC(C)(C)OP(=O)(O)O. The molecule has 2 N–H and O–H groups in total. The molecule has 19 heavy (non-hydrogen) atoms. The third kappa shape index (κ3) is 7.60. The molecule has 112 valence electrons. The zero-order valence-electron chi connectivity index (χ0n) is 12.1. The predicted molar refractivity (Wildman–Crippen MR) is 71.7 cm³/mol. The summed E-state index contributed by atoms with van der Waals surface area (Å²) in [6.45, 7) is 11.7. The van der Waals surface area contributed by atoms with Crippen LogP contribution in [0, 0.1) is 0 Å². The van der Waals surface area contributed by atoms with Gasteiger partial charge in [-0.15, -0.1) is 0 Å². The fraction of sp³-hybridized carbons (Fsp3) is 0.750. The molecule has 0 heterocycles. The van der Waals surface area contributed by atoms with Gasteiger partial charge < -0.3 is 14.5 Å². The van der Waals surface area contributed by atoms with Gasteiger partial charge in [-0.2, -0.15) is 0 Å². The van der Waals surface area contributed by atoms with Crippen LogP contribution in [0.1, 0.15) is 41.0 Å². The van der Waals surface area contributed by atoms with Crippen molar-refractivity contribution in [2.45, 2.75) is 52.2 Å². The fourth-order valence-electron chi connectivity index (χ4n) is 1.50. The van der Waals surface area contributed by atoms with Crippen molar-refractivity contribution in [3.63, 3.8) is 0 Å². The van der Waals surface area contributed by atoms with Gasteiger partial charge in [-0.25, -0.2) is 4.57 Å². The zero-order valence-corrected chi connectivity index (χ0v) is 13.0. The van der Waals surface area contributed by atoms with Crippen LogP contribution < -0.4 is 0 Å². The van der Waals surface area contributed by atoms with Crippen LogP contribution in [-0.2, 0) is 18.6 Å². The van der Waals surface area contributed by atoms with Crippen molar-refractivity contribution in [2.24, 2.45) is 0 Å². The van der Waals surface area contributed by atoms with E-state index >= 15 is 0 Å². The van der Waals surface area contributed by atoms with Gasteiger partial charge in [-0.05, 0) is 46.6 Å². The summed E-state index contributed by atoms with van der Waals surface area (Å²) in [5.41, 5.74) is -1.65. The summed E-state index contributed by atoms with van der Waals surface area (Å²) >= 11 is 0. The van der Waals surface area contributed by atoms with E-state index in [0.29, 0.717) is 5.57 Å². The number of hydrogen-bond donors (Lipinski definition) is 2. The highest BCUT2D eigenvalue weighted by atomic mass is 31.2. The quantitative estimate of drug-likeness (QED) is 0.526. The van der Waals surface area contributed by atoms with Crippen molar-refractivity contribution in [1.29, 1.82) is 0 Å². The van der Waals surface area contributed by atoms with Crippen LogP contribution in [0.5, 0.6) is 0 Å². The average molecular weight is 294 g/mol. The van der Waals surface area contributed by atoms with Crippen LogP contribution in [0.25, 0.3) is 0 Å². The van der Waals surface area contributed by atoms with Crippen molar-refractivity contribution in [3.8, 4) is 0 Å². The van der Waals surface area contributed by atoms with Crippen LogP contribution >= 0.6 is 7.82 Å². The number of rotatable bonds is 8. The minimum atomic E-state index is -4.54. The molecule has 0 aromatic rings. The molecule has 0 amide bonds. The van der Waals surface area contributed by atoms with E-state index in [1.165, 1.54) is 0 Å². The molecule has 6 nitrogen and oxygen atoms in total. The standard InChI is InChI=1S/C12H23O6P/c1-9(2)10(13)12(5,6)17-8-7-11(3,4)18-19(14,15)16/h1,7-8H2,2-6H3,(H2,14,15,16). The molecule has 0 rings (SSSR count). The van der Waals surface area contributed by atoms with Gasteiger partial charge in [0.25, 0.3) is 0 Å². The Kier molecular flexibility index (Phi) is 6.11. The van der Waals surface area contributed by atoms with Gasteiger partial charge in [0.05, 0.1) is 12.2 Å². The largest absolute Gasteiger partial charge is 0.470 e. The van der Waals surface area contributed by atoms with Crippen LogP contribution in [0.3, 0.4) is 0 Å². The van der Waals surface area contributed by atoms with Crippen LogP contribution in [0.15, 0.2) is 12.2 Å². The molecule has 0 saturated heterocycles. The molecule has 0 aromatic carbocycles. The van der Waals surface area contributed by atoms with Gasteiger partial charge in [0, 0.05) is 0 Å². The number of ether oxygens (including phenoxy) is 1. The number of carbonyl (C=O) groups is 1. The molecule has 0 spiro atoms. The molecule has 0 fully saturated rings. The highest BCUT2D eigenvalue weighted by molar-refractivity contribution is 7.46. The number of phosphoric ester groups is 1. The van der Waals surface area contributed by atoms with E-state index in [4.69, 9.17) is 14.5 Å². The minimum Gasteiger partial charge on any atom is -0.367 e. The maximum Gasteiger partial charge on any atom is 0.470 e. The summed E-state index contributed by atoms with van der Waals surface area (Å²) in [5, 5.41) is 0. The Balaban J connectivity index is 4.40. The van der Waals surface area contributed by atoms with Crippen molar-refractivity contribution >= 4 is 13.6 Å². The molecular formula is C12H23O6P. The second-order valence-corrected chi connectivity index (χ2v) is 6.72. The topological polar surface area (TPSA) is 93.1 Å². The molecule has 0 bridgehead atoms. The first-order valence-electron chi connectivity index (χ1n) is 5.87. The van der Waals surface area contributed by atoms with E-state index in [-0.39, 0.29) is 18.8 Å². The molecule has 0 aromatic heterocycles. The van der Waals surface area contributed by atoms with Gasteiger partial charge in [0.15, 0.2) is 5.78 Å². The maximum absolute atomic E-state index is 11.8. The van der Waals surface area contributed by atoms with E-state index < -0.39 is 19.0 Å². The first-order chi connectivity index (χ1) is 8.27. The molecule has 0 aliphatic heterocycles. The van der Waals surface area contributed by atoms with Crippen molar-refractivity contribution in [2.75, 3.05) is 6.61 Å². The summed E-state index contributed by atoms with van der Waals surface area (Å²) < 4.78 is 20.9. The Morgan fingerprint density at radius 3 is 2.11 bits per heavy atom. The zero-order chi connectivity index (χ0) is 15.5. The van der Waals surface area contributed by atoms with Gasteiger partial charge in [-0.3, -0.25) is 9.32 Å². The van der Waals surface area contributed by atoms with E-state index in [0.717, 1.165) is 0 Å². The summed E-state index contributed by atoms with van der Waals surface area (Å²) in [7, 11) is -4.54. The third-order valence-corrected chi connectivity index (χ3v) is 3.20. The third-order valence-electron chi connectivity index (χ3n) is 2.47. The van der Waals surface area contributed by atoms with Crippen molar-refractivity contribution in [3.05, 3.63) is 12.2 Å². The smallest absolute Gasteiger partial charge is 0.367 e. The maximum atomic E-state index is 11.8. The number of ketones is 1. The van der Waals surface area contributed by atoms with Crippen LogP contribution in [0.2, 0.25) is 0 Å². The van der Waals surface area contributed by atoms with E-state index in [9.17, 15) is 9.36 Å². The molecule has 0 saturated carbocycles. The number of hydrogen-bond acceptors (Lipinski definition) is 4. The monoisotopic (exact) mass is 294 g/mol. The Morgan fingerprint density at radius 2 is 1.74 bits per heavy atom. The molecule has 0 aliphatic carbocycles. The summed E-state index contributed by atoms with van der Waals surface area (Å²) in [5.74, 6) is -0.207. The predicted octanol–water partition coefficient (Wildman–Crippen LogP) is 2.20. The highest BCUT2D eigenvalue weighted by Crippen LogP contribution is 2.42. The normalized spacial score (nSPS) is 13.4. The fourth-order valence-corrected chi connectivity index (χ4v) is 2.23. The summed E-state index contributed by atoms with van der Waals surface area (Å²) in [6, 6.07) is 0. The Bertz CT molecular complexity index is 393. The number of phosphoric acid groups is 1. The van der Waals surface area contributed by atoms with Crippen LogP contribution in [0.4, 0.5) is 0 Å². The lowest BCUT2D eigenvalue weighted by Gasteiger charge is -2.28. The van der Waals surface area contributed by atoms with Crippen molar-refractivity contribution in [1.82, 2.24) is 0 Å².